The summed E-state index contributed by atoms with van der Waals surface area (Å²) in [6.07, 6.45) is -0.398. The standard InChI is InChI=1S/C10H12BrNO3S/c11-8-10-12(6-7-15-10)16(13,14)9-4-2-1-3-5-9/h1-5,10H,6-8H2. The lowest BCUT2D eigenvalue weighted by molar-refractivity contribution is 0.0895. The molecule has 1 saturated heterocycles. The van der Waals surface area contributed by atoms with Crippen LogP contribution in [0.5, 0.6) is 0 Å². The minimum absolute atomic E-state index is 0.312. The van der Waals surface area contributed by atoms with Crippen LogP contribution in [-0.4, -0.2) is 37.4 Å². The van der Waals surface area contributed by atoms with Gasteiger partial charge < -0.3 is 4.74 Å². The molecule has 0 N–H and O–H groups in total. The molecule has 6 heteroatoms. The van der Waals surface area contributed by atoms with E-state index in [2.05, 4.69) is 15.9 Å². The molecule has 1 aromatic rings. The van der Waals surface area contributed by atoms with Gasteiger partial charge in [0, 0.05) is 11.9 Å². The van der Waals surface area contributed by atoms with Crippen LogP contribution >= 0.6 is 15.9 Å². The lowest BCUT2D eigenvalue weighted by atomic mass is 10.4. The van der Waals surface area contributed by atoms with Gasteiger partial charge in [-0.15, -0.1) is 0 Å². The number of hydrogen-bond acceptors (Lipinski definition) is 3. The minimum Gasteiger partial charge on any atom is -0.360 e. The summed E-state index contributed by atoms with van der Waals surface area (Å²) in [5.41, 5.74) is 0. The highest BCUT2D eigenvalue weighted by atomic mass is 79.9. The van der Waals surface area contributed by atoms with Crippen molar-refractivity contribution in [2.24, 2.45) is 0 Å². The van der Waals surface area contributed by atoms with Crippen molar-refractivity contribution in [2.45, 2.75) is 11.1 Å². The maximum Gasteiger partial charge on any atom is 0.245 e. The third-order valence-corrected chi connectivity index (χ3v) is 4.88. The van der Waals surface area contributed by atoms with Crippen LogP contribution in [0, 0.1) is 0 Å². The molecule has 0 saturated carbocycles. The van der Waals surface area contributed by atoms with Gasteiger partial charge in [-0.05, 0) is 12.1 Å². The number of nitrogens with zero attached hydrogens (tertiary/aromatic N) is 1. The van der Waals surface area contributed by atoms with Gasteiger partial charge in [0.25, 0.3) is 0 Å². The Balaban J connectivity index is 2.33. The molecule has 4 nitrogen and oxygen atoms in total. The van der Waals surface area contributed by atoms with Crippen LogP contribution in [0.25, 0.3) is 0 Å². The first-order chi connectivity index (χ1) is 7.66. The van der Waals surface area contributed by atoms with Gasteiger partial charge in [-0.1, -0.05) is 34.1 Å². The van der Waals surface area contributed by atoms with Gasteiger partial charge in [-0.2, -0.15) is 4.31 Å². The molecule has 1 unspecified atom stereocenters. The van der Waals surface area contributed by atoms with Crippen molar-refractivity contribution >= 4 is 26.0 Å². The van der Waals surface area contributed by atoms with Crippen molar-refractivity contribution in [2.75, 3.05) is 18.5 Å². The Bertz CT molecular complexity index is 448. The Labute approximate surface area is 103 Å². The van der Waals surface area contributed by atoms with Gasteiger partial charge in [0.05, 0.1) is 11.5 Å². The number of ether oxygens (including phenoxy) is 1. The van der Waals surface area contributed by atoms with E-state index in [1.807, 2.05) is 0 Å². The van der Waals surface area contributed by atoms with Crippen molar-refractivity contribution in [3.8, 4) is 0 Å². The minimum atomic E-state index is -3.42. The molecular formula is C10H12BrNO3S. The Kier molecular flexibility index (Phi) is 3.63. The molecule has 1 atom stereocenters. The topological polar surface area (TPSA) is 46.6 Å². The predicted molar refractivity (Wildman–Crippen MR) is 63.9 cm³/mol. The van der Waals surface area contributed by atoms with Crippen LogP contribution in [0.1, 0.15) is 0 Å². The second-order valence-electron chi connectivity index (χ2n) is 3.41. The highest BCUT2D eigenvalue weighted by Gasteiger charge is 2.35. The average Bonchev–Trinajstić information content (AvgIpc) is 2.79. The van der Waals surface area contributed by atoms with E-state index < -0.39 is 16.3 Å². The molecule has 1 aromatic carbocycles. The van der Waals surface area contributed by atoms with Gasteiger partial charge in [-0.25, -0.2) is 8.42 Å². The molecule has 0 radical (unpaired) electrons. The summed E-state index contributed by atoms with van der Waals surface area (Å²) in [7, 11) is -3.42. The van der Waals surface area contributed by atoms with E-state index in [1.54, 1.807) is 30.3 Å². The molecule has 0 spiro atoms. The third kappa shape index (κ3) is 2.15. The van der Waals surface area contributed by atoms with Crippen LogP contribution < -0.4 is 0 Å². The number of halogens is 1. The van der Waals surface area contributed by atoms with Gasteiger partial charge in [0.2, 0.25) is 10.0 Å². The number of hydrogen-bond donors (Lipinski definition) is 0. The molecule has 0 aromatic heterocycles. The Morgan fingerprint density at radius 3 is 2.69 bits per heavy atom. The number of rotatable bonds is 3. The average molecular weight is 306 g/mol. The zero-order valence-electron chi connectivity index (χ0n) is 8.54. The van der Waals surface area contributed by atoms with E-state index in [0.717, 1.165) is 0 Å². The smallest absolute Gasteiger partial charge is 0.245 e. The van der Waals surface area contributed by atoms with Crippen LogP contribution in [0.2, 0.25) is 0 Å². The predicted octanol–water partition coefficient (Wildman–Crippen LogP) is 1.43. The van der Waals surface area contributed by atoms with Gasteiger partial charge in [0.1, 0.15) is 6.23 Å². The van der Waals surface area contributed by atoms with Gasteiger partial charge in [-0.3, -0.25) is 0 Å². The first-order valence-electron chi connectivity index (χ1n) is 4.91. The monoisotopic (exact) mass is 305 g/mol. The van der Waals surface area contributed by atoms with Crippen LogP contribution in [0.15, 0.2) is 35.2 Å². The molecule has 2 rings (SSSR count). The fourth-order valence-corrected chi connectivity index (χ4v) is 3.89. The Morgan fingerprint density at radius 1 is 1.38 bits per heavy atom. The highest BCUT2D eigenvalue weighted by molar-refractivity contribution is 9.09. The quantitative estimate of drug-likeness (QED) is 0.794. The van der Waals surface area contributed by atoms with Crippen molar-refractivity contribution in [1.82, 2.24) is 4.31 Å². The summed E-state index contributed by atoms with van der Waals surface area (Å²) in [5.74, 6) is 0. The van der Waals surface area contributed by atoms with Crippen molar-refractivity contribution in [1.29, 1.82) is 0 Å². The number of benzene rings is 1. The molecule has 1 aliphatic rings. The number of sulfonamides is 1. The molecule has 88 valence electrons. The van der Waals surface area contributed by atoms with Crippen LogP contribution in [0.4, 0.5) is 0 Å². The second kappa shape index (κ2) is 4.83. The first-order valence-corrected chi connectivity index (χ1v) is 7.47. The summed E-state index contributed by atoms with van der Waals surface area (Å²) in [6.45, 7) is 0.857. The van der Waals surface area contributed by atoms with Gasteiger partial charge in [0.15, 0.2) is 0 Å². The van der Waals surface area contributed by atoms with Crippen molar-refractivity contribution in [3.05, 3.63) is 30.3 Å². The normalized spacial score (nSPS) is 22.4. The lowest BCUT2D eigenvalue weighted by Crippen LogP contribution is -2.37. The molecule has 1 heterocycles. The Hall–Kier alpha value is -0.430. The zero-order valence-corrected chi connectivity index (χ0v) is 10.9. The highest BCUT2D eigenvalue weighted by Crippen LogP contribution is 2.22. The van der Waals surface area contributed by atoms with Crippen LogP contribution in [-0.2, 0) is 14.8 Å². The molecule has 0 amide bonds. The molecule has 1 aliphatic heterocycles. The summed E-state index contributed by atoms with van der Waals surface area (Å²) in [5, 5.41) is 0.485. The Morgan fingerprint density at radius 2 is 2.06 bits per heavy atom. The van der Waals surface area contributed by atoms with E-state index in [0.29, 0.717) is 23.4 Å². The summed E-state index contributed by atoms with van der Waals surface area (Å²) in [4.78, 5) is 0.312. The maximum absolute atomic E-state index is 12.2. The van der Waals surface area contributed by atoms with E-state index in [9.17, 15) is 8.42 Å². The second-order valence-corrected chi connectivity index (χ2v) is 5.95. The van der Waals surface area contributed by atoms with Gasteiger partial charge >= 0.3 is 0 Å². The SMILES string of the molecule is O=S(=O)(c1ccccc1)N1CCOC1CBr. The third-order valence-electron chi connectivity index (χ3n) is 2.42. The zero-order chi connectivity index (χ0) is 11.6. The summed E-state index contributed by atoms with van der Waals surface area (Å²) >= 11 is 3.25. The summed E-state index contributed by atoms with van der Waals surface area (Å²) < 4.78 is 31.2. The fraction of sp³-hybridized carbons (Fsp3) is 0.400. The fourth-order valence-electron chi connectivity index (χ4n) is 1.63. The number of alkyl halides is 1. The van der Waals surface area contributed by atoms with E-state index in [4.69, 9.17) is 4.74 Å². The van der Waals surface area contributed by atoms with E-state index in [1.165, 1.54) is 4.31 Å². The molecule has 0 aliphatic carbocycles. The van der Waals surface area contributed by atoms with Crippen molar-refractivity contribution in [3.63, 3.8) is 0 Å². The first kappa shape index (κ1) is 12.0. The summed E-state index contributed by atoms with van der Waals surface area (Å²) in [6, 6.07) is 8.42. The molecule has 0 bridgehead atoms. The molecule has 16 heavy (non-hydrogen) atoms. The van der Waals surface area contributed by atoms with E-state index >= 15 is 0 Å². The van der Waals surface area contributed by atoms with Crippen LogP contribution in [0.3, 0.4) is 0 Å². The lowest BCUT2D eigenvalue weighted by Gasteiger charge is -2.20. The van der Waals surface area contributed by atoms with E-state index in [-0.39, 0.29) is 0 Å². The maximum atomic E-state index is 12.2. The molecule has 1 fully saturated rings. The van der Waals surface area contributed by atoms with Crippen molar-refractivity contribution < 1.29 is 13.2 Å². The molecular weight excluding hydrogens is 294 g/mol. The largest absolute Gasteiger partial charge is 0.360 e.